The molecule has 6 heteroatoms. The lowest BCUT2D eigenvalue weighted by Crippen LogP contribution is -2.35. The Balaban J connectivity index is 1.80. The summed E-state index contributed by atoms with van der Waals surface area (Å²) in [6.07, 6.45) is -0.807. The molecular weight excluding hydrogens is 316 g/mol. The first-order valence-corrected chi connectivity index (χ1v) is 7.62. The van der Waals surface area contributed by atoms with Crippen LogP contribution in [0.3, 0.4) is 0 Å². The number of nitrogens with one attached hydrogen (secondary N) is 1. The fourth-order valence-electron chi connectivity index (χ4n) is 2.06. The van der Waals surface area contributed by atoms with E-state index >= 15 is 0 Å². The zero-order chi connectivity index (χ0) is 16.8. The fourth-order valence-corrected chi connectivity index (χ4v) is 2.19. The number of aliphatic hydroxyl groups is 1. The molecule has 5 nitrogen and oxygen atoms in total. The Bertz CT molecular complexity index is 654. The highest BCUT2D eigenvalue weighted by Crippen LogP contribution is 2.15. The highest BCUT2D eigenvalue weighted by atomic mass is 35.5. The fraction of sp³-hybridized carbons (Fsp3) is 0.294. The molecular formula is C17H19ClN2O3. The van der Waals surface area contributed by atoms with Crippen molar-refractivity contribution in [1.29, 1.82) is 0 Å². The van der Waals surface area contributed by atoms with Gasteiger partial charge in [0.15, 0.2) is 0 Å². The van der Waals surface area contributed by atoms with Gasteiger partial charge < -0.3 is 15.2 Å². The molecule has 1 aromatic carbocycles. The lowest BCUT2D eigenvalue weighted by molar-refractivity contribution is 0.0843. The molecule has 2 N–H and O–H groups in total. The molecule has 0 fully saturated rings. The largest absolute Gasteiger partial charge is 0.491 e. The Morgan fingerprint density at radius 3 is 2.48 bits per heavy atom. The van der Waals surface area contributed by atoms with Crippen LogP contribution in [0.1, 0.15) is 21.7 Å². The van der Waals surface area contributed by atoms with E-state index in [1.54, 1.807) is 36.4 Å². The van der Waals surface area contributed by atoms with Gasteiger partial charge in [-0.2, -0.15) is 0 Å². The number of nitrogens with zero attached hydrogens (tertiary/aromatic N) is 1. The Hall–Kier alpha value is -2.11. The summed E-state index contributed by atoms with van der Waals surface area (Å²) in [6.45, 7) is 3.85. The molecule has 0 saturated heterocycles. The molecule has 0 saturated carbocycles. The van der Waals surface area contributed by atoms with Crippen molar-refractivity contribution < 1.29 is 14.6 Å². The number of rotatable bonds is 6. The first-order chi connectivity index (χ1) is 10.9. The zero-order valence-corrected chi connectivity index (χ0v) is 13.8. The second-order valence-corrected chi connectivity index (χ2v) is 5.70. The number of carbonyl (C=O) groups excluding carboxylic acids is 1. The Morgan fingerprint density at radius 2 is 1.87 bits per heavy atom. The van der Waals surface area contributed by atoms with Gasteiger partial charge in [-0.1, -0.05) is 11.6 Å². The quantitative estimate of drug-likeness (QED) is 0.851. The van der Waals surface area contributed by atoms with Crippen LogP contribution < -0.4 is 10.1 Å². The molecule has 0 unspecified atom stereocenters. The van der Waals surface area contributed by atoms with Crippen LogP contribution in [0.25, 0.3) is 0 Å². The second-order valence-electron chi connectivity index (χ2n) is 5.27. The third kappa shape index (κ3) is 5.54. The molecule has 1 aromatic heterocycles. The molecule has 2 aromatic rings. The van der Waals surface area contributed by atoms with E-state index in [-0.39, 0.29) is 19.1 Å². The monoisotopic (exact) mass is 334 g/mol. The van der Waals surface area contributed by atoms with Crippen molar-refractivity contribution in [1.82, 2.24) is 10.3 Å². The summed E-state index contributed by atoms with van der Waals surface area (Å²) in [6, 6.07) is 10.3. The van der Waals surface area contributed by atoms with Gasteiger partial charge in [-0.15, -0.1) is 0 Å². The maximum absolute atomic E-state index is 12.1. The van der Waals surface area contributed by atoms with E-state index in [4.69, 9.17) is 16.3 Å². The van der Waals surface area contributed by atoms with Crippen LogP contribution in [0.2, 0.25) is 5.02 Å². The third-order valence-corrected chi connectivity index (χ3v) is 3.35. The topological polar surface area (TPSA) is 71.5 Å². The van der Waals surface area contributed by atoms with E-state index in [0.29, 0.717) is 16.3 Å². The van der Waals surface area contributed by atoms with E-state index in [9.17, 15) is 9.90 Å². The minimum atomic E-state index is -0.807. The van der Waals surface area contributed by atoms with E-state index in [0.717, 1.165) is 11.4 Å². The van der Waals surface area contributed by atoms with Gasteiger partial charge in [0, 0.05) is 28.5 Å². The van der Waals surface area contributed by atoms with Crippen LogP contribution in [-0.4, -0.2) is 35.3 Å². The molecule has 1 heterocycles. The summed E-state index contributed by atoms with van der Waals surface area (Å²) in [4.78, 5) is 16.3. The number of halogens is 1. The molecule has 0 radical (unpaired) electrons. The molecule has 0 spiro atoms. The summed E-state index contributed by atoms with van der Waals surface area (Å²) in [5, 5.41) is 13.2. The number of aryl methyl sites for hydroxylation is 2. The third-order valence-electron chi connectivity index (χ3n) is 3.10. The number of pyridine rings is 1. The number of hydrogen-bond donors (Lipinski definition) is 2. The van der Waals surface area contributed by atoms with Crippen LogP contribution in [0.15, 0.2) is 36.4 Å². The number of ether oxygens (including phenoxy) is 1. The molecule has 2 rings (SSSR count). The molecule has 0 aliphatic heterocycles. The highest BCUT2D eigenvalue weighted by molar-refractivity contribution is 6.30. The van der Waals surface area contributed by atoms with Crippen LogP contribution in [0, 0.1) is 13.8 Å². The Kier molecular flexibility index (Phi) is 5.96. The van der Waals surface area contributed by atoms with Crippen LogP contribution in [0.4, 0.5) is 0 Å². The summed E-state index contributed by atoms with van der Waals surface area (Å²) < 4.78 is 5.43. The first-order valence-electron chi connectivity index (χ1n) is 7.24. The van der Waals surface area contributed by atoms with Crippen LogP contribution >= 0.6 is 11.6 Å². The normalized spacial score (nSPS) is 11.8. The number of aromatic nitrogens is 1. The number of benzene rings is 1. The number of aliphatic hydroxyl groups excluding tert-OH is 1. The zero-order valence-electron chi connectivity index (χ0n) is 13.0. The van der Waals surface area contributed by atoms with Crippen LogP contribution in [-0.2, 0) is 0 Å². The van der Waals surface area contributed by atoms with E-state index < -0.39 is 6.10 Å². The van der Waals surface area contributed by atoms with Crippen molar-refractivity contribution in [2.75, 3.05) is 13.2 Å². The molecule has 0 aliphatic rings. The highest BCUT2D eigenvalue weighted by Gasteiger charge is 2.11. The van der Waals surface area contributed by atoms with Crippen molar-refractivity contribution >= 4 is 17.5 Å². The summed E-state index contributed by atoms with van der Waals surface area (Å²) in [5.41, 5.74) is 2.09. The average molecular weight is 335 g/mol. The van der Waals surface area contributed by atoms with Gasteiger partial charge in [-0.3, -0.25) is 9.78 Å². The van der Waals surface area contributed by atoms with Gasteiger partial charge in [0.25, 0.3) is 5.91 Å². The van der Waals surface area contributed by atoms with Gasteiger partial charge in [0.1, 0.15) is 18.5 Å². The van der Waals surface area contributed by atoms with Crippen molar-refractivity contribution in [3.05, 3.63) is 58.4 Å². The standard InChI is InChI=1S/C17H19ClN2O3/c1-11-7-13(8-12(2)20-11)17(22)19-9-15(21)10-23-16-5-3-14(18)4-6-16/h3-8,15,21H,9-10H2,1-2H3,(H,19,22)/t15-/m0/s1. The molecule has 122 valence electrons. The van der Waals surface area contributed by atoms with E-state index in [2.05, 4.69) is 10.3 Å². The smallest absolute Gasteiger partial charge is 0.251 e. The van der Waals surface area contributed by atoms with Crippen molar-refractivity contribution in [3.63, 3.8) is 0 Å². The number of amides is 1. The summed E-state index contributed by atoms with van der Waals surface area (Å²) in [5.74, 6) is 0.365. The number of hydrogen-bond acceptors (Lipinski definition) is 4. The Morgan fingerprint density at radius 1 is 1.26 bits per heavy atom. The van der Waals surface area contributed by atoms with E-state index in [1.807, 2.05) is 13.8 Å². The molecule has 1 atom stereocenters. The first kappa shape index (κ1) is 17.2. The predicted octanol–water partition coefficient (Wildman–Crippen LogP) is 2.52. The molecule has 23 heavy (non-hydrogen) atoms. The van der Waals surface area contributed by atoms with Crippen molar-refractivity contribution in [2.24, 2.45) is 0 Å². The van der Waals surface area contributed by atoms with Gasteiger partial charge >= 0.3 is 0 Å². The minimum absolute atomic E-state index is 0.0797. The summed E-state index contributed by atoms with van der Waals surface area (Å²) >= 11 is 5.78. The maximum atomic E-state index is 12.1. The maximum Gasteiger partial charge on any atom is 0.251 e. The van der Waals surface area contributed by atoms with Gasteiger partial charge in [-0.25, -0.2) is 0 Å². The van der Waals surface area contributed by atoms with E-state index in [1.165, 1.54) is 0 Å². The van der Waals surface area contributed by atoms with Crippen molar-refractivity contribution in [3.8, 4) is 5.75 Å². The lowest BCUT2D eigenvalue weighted by atomic mass is 10.2. The van der Waals surface area contributed by atoms with Gasteiger partial charge in [0.05, 0.1) is 0 Å². The summed E-state index contributed by atoms with van der Waals surface area (Å²) in [7, 11) is 0. The predicted molar refractivity (Wildman–Crippen MR) is 89.0 cm³/mol. The Labute approximate surface area is 140 Å². The van der Waals surface area contributed by atoms with Gasteiger partial charge in [0.2, 0.25) is 0 Å². The second kappa shape index (κ2) is 7.94. The van der Waals surface area contributed by atoms with Crippen molar-refractivity contribution in [2.45, 2.75) is 20.0 Å². The SMILES string of the molecule is Cc1cc(C(=O)NC[C@H](O)COc2ccc(Cl)cc2)cc(C)n1. The molecule has 1 amide bonds. The molecule has 0 bridgehead atoms. The van der Waals surface area contributed by atoms with Crippen LogP contribution in [0.5, 0.6) is 5.75 Å². The average Bonchev–Trinajstić information content (AvgIpc) is 2.51. The minimum Gasteiger partial charge on any atom is -0.491 e. The lowest BCUT2D eigenvalue weighted by Gasteiger charge is -2.13. The number of carbonyl (C=O) groups is 1. The molecule has 0 aliphatic carbocycles. The van der Waals surface area contributed by atoms with Gasteiger partial charge in [-0.05, 0) is 50.2 Å².